The third kappa shape index (κ3) is 5.07. The first-order chi connectivity index (χ1) is 12.7. The molecule has 0 spiro atoms. The van der Waals surface area contributed by atoms with Gasteiger partial charge in [-0.25, -0.2) is 8.42 Å². The van der Waals surface area contributed by atoms with Crippen LogP contribution in [0.5, 0.6) is 0 Å². The second-order valence-electron chi connectivity index (χ2n) is 7.20. The van der Waals surface area contributed by atoms with E-state index in [0.29, 0.717) is 18.8 Å². The highest BCUT2D eigenvalue weighted by Gasteiger charge is 2.48. The first-order valence-electron chi connectivity index (χ1n) is 9.28. The molecule has 0 saturated carbocycles. The number of benzene rings is 1. The molecule has 8 heteroatoms. The summed E-state index contributed by atoms with van der Waals surface area (Å²) in [6.45, 7) is 5.02. The van der Waals surface area contributed by atoms with Crippen molar-refractivity contribution in [3.8, 4) is 0 Å². The minimum absolute atomic E-state index is 0.0515. The lowest BCUT2D eigenvalue weighted by atomic mass is 9.95. The molecular formula is C19H29N3O4S. The van der Waals surface area contributed by atoms with Crippen LogP contribution in [0.2, 0.25) is 0 Å². The Bertz CT molecular complexity index is 786. The van der Waals surface area contributed by atoms with E-state index < -0.39 is 20.5 Å². The van der Waals surface area contributed by atoms with E-state index in [1.165, 1.54) is 0 Å². The maximum absolute atomic E-state index is 12.7. The topological polar surface area (TPSA) is 104 Å². The first-order valence-corrected chi connectivity index (χ1v) is 11.2. The van der Waals surface area contributed by atoms with Gasteiger partial charge in [-0.05, 0) is 50.0 Å². The number of hydrogen-bond donors (Lipinski definition) is 3. The molecule has 1 aliphatic rings. The van der Waals surface area contributed by atoms with Crippen LogP contribution >= 0.6 is 0 Å². The molecule has 0 aliphatic carbocycles. The Morgan fingerprint density at radius 2 is 1.93 bits per heavy atom. The highest BCUT2D eigenvalue weighted by molar-refractivity contribution is 7.92. The van der Waals surface area contributed by atoms with Crippen LogP contribution < -0.4 is 16.0 Å². The summed E-state index contributed by atoms with van der Waals surface area (Å²) in [5.74, 6) is -0.590. The number of hydrogen-bond acceptors (Lipinski definition) is 5. The van der Waals surface area contributed by atoms with Crippen molar-refractivity contribution < 1.29 is 18.0 Å². The maximum atomic E-state index is 12.7. The number of amides is 2. The Morgan fingerprint density at radius 1 is 1.26 bits per heavy atom. The van der Waals surface area contributed by atoms with E-state index in [1.807, 2.05) is 19.9 Å². The lowest BCUT2D eigenvalue weighted by Crippen LogP contribution is -2.57. The maximum Gasteiger partial charge on any atom is 0.241 e. The smallest absolute Gasteiger partial charge is 0.241 e. The molecule has 0 radical (unpaired) electrons. The molecule has 27 heavy (non-hydrogen) atoms. The number of sulfone groups is 1. The SMILES string of the molecule is CCC(C)C(=O)Nc1cccc(CNC(=O)C2(S(C)(=O)=O)CCNCC2)c1. The molecule has 7 nitrogen and oxygen atoms in total. The van der Waals surface area contributed by atoms with Crippen molar-refractivity contribution in [1.82, 2.24) is 10.6 Å². The molecule has 1 saturated heterocycles. The average molecular weight is 396 g/mol. The summed E-state index contributed by atoms with van der Waals surface area (Å²) in [6, 6.07) is 7.20. The zero-order chi connectivity index (χ0) is 20.1. The lowest BCUT2D eigenvalue weighted by molar-refractivity contribution is -0.124. The molecule has 3 N–H and O–H groups in total. The summed E-state index contributed by atoms with van der Waals surface area (Å²) >= 11 is 0. The Labute approximate surface area is 161 Å². The van der Waals surface area contributed by atoms with Gasteiger partial charge in [0.25, 0.3) is 0 Å². The van der Waals surface area contributed by atoms with Crippen molar-refractivity contribution in [2.24, 2.45) is 5.92 Å². The quantitative estimate of drug-likeness (QED) is 0.648. The summed E-state index contributed by atoms with van der Waals surface area (Å²) < 4.78 is 23.2. The molecular weight excluding hydrogens is 366 g/mol. The summed E-state index contributed by atoms with van der Waals surface area (Å²) in [4.78, 5) is 24.8. The fourth-order valence-corrected chi connectivity index (χ4v) is 4.50. The van der Waals surface area contributed by atoms with Crippen LogP contribution in [-0.2, 0) is 26.0 Å². The number of carbonyl (C=O) groups is 2. The monoisotopic (exact) mass is 395 g/mol. The third-order valence-electron chi connectivity index (χ3n) is 5.24. The van der Waals surface area contributed by atoms with Crippen molar-refractivity contribution in [3.63, 3.8) is 0 Å². The van der Waals surface area contributed by atoms with E-state index >= 15 is 0 Å². The molecule has 1 aromatic carbocycles. The fourth-order valence-electron chi connectivity index (χ4n) is 3.15. The van der Waals surface area contributed by atoms with E-state index in [0.717, 1.165) is 18.2 Å². The van der Waals surface area contributed by atoms with Gasteiger partial charge in [-0.15, -0.1) is 0 Å². The number of carbonyl (C=O) groups excluding carboxylic acids is 2. The van der Waals surface area contributed by atoms with Gasteiger partial charge in [-0.1, -0.05) is 26.0 Å². The van der Waals surface area contributed by atoms with Crippen LogP contribution in [0.1, 0.15) is 38.7 Å². The standard InChI is InChI=1S/C19H29N3O4S/c1-4-14(2)17(23)22-16-7-5-6-15(12-16)13-21-18(24)19(27(3,25)26)8-10-20-11-9-19/h5-7,12,14,20H,4,8-11,13H2,1-3H3,(H,21,24)(H,22,23). The summed E-state index contributed by atoms with van der Waals surface area (Å²) in [5.41, 5.74) is 1.45. The van der Waals surface area contributed by atoms with Crippen molar-refractivity contribution in [1.29, 1.82) is 0 Å². The molecule has 2 amide bonds. The molecule has 0 aromatic heterocycles. The lowest BCUT2D eigenvalue weighted by Gasteiger charge is -2.34. The number of piperidine rings is 1. The Kier molecular flexibility index (Phi) is 7.00. The van der Waals surface area contributed by atoms with Crippen LogP contribution in [0.15, 0.2) is 24.3 Å². The van der Waals surface area contributed by atoms with Crippen LogP contribution in [0.3, 0.4) is 0 Å². The van der Waals surface area contributed by atoms with Crippen LogP contribution in [0.4, 0.5) is 5.69 Å². The Morgan fingerprint density at radius 3 is 2.52 bits per heavy atom. The molecule has 2 rings (SSSR count). The molecule has 150 valence electrons. The van der Waals surface area contributed by atoms with Gasteiger partial charge in [0.05, 0.1) is 0 Å². The molecule has 1 fully saturated rings. The van der Waals surface area contributed by atoms with Gasteiger partial charge in [-0.3, -0.25) is 9.59 Å². The molecule has 1 atom stereocenters. The minimum atomic E-state index is -3.54. The van der Waals surface area contributed by atoms with Gasteiger partial charge < -0.3 is 16.0 Å². The van der Waals surface area contributed by atoms with E-state index in [9.17, 15) is 18.0 Å². The number of nitrogens with one attached hydrogen (secondary N) is 3. The normalized spacial score (nSPS) is 17.7. The van der Waals surface area contributed by atoms with Gasteiger partial charge in [-0.2, -0.15) is 0 Å². The summed E-state index contributed by atoms with van der Waals surface area (Å²) in [7, 11) is -3.54. The third-order valence-corrected chi connectivity index (χ3v) is 7.26. The van der Waals surface area contributed by atoms with Crippen molar-refractivity contribution in [2.75, 3.05) is 24.7 Å². The van der Waals surface area contributed by atoms with Crippen molar-refractivity contribution in [2.45, 2.75) is 44.4 Å². The molecule has 1 aromatic rings. The van der Waals surface area contributed by atoms with Gasteiger partial charge in [0.15, 0.2) is 14.6 Å². The van der Waals surface area contributed by atoms with Crippen molar-refractivity contribution >= 4 is 27.3 Å². The predicted molar refractivity (Wildman–Crippen MR) is 106 cm³/mol. The second-order valence-corrected chi connectivity index (χ2v) is 9.52. The zero-order valence-corrected chi connectivity index (χ0v) is 17.0. The van der Waals surface area contributed by atoms with Crippen LogP contribution in [0, 0.1) is 5.92 Å². The minimum Gasteiger partial charge on any atom is -0.351 e. The Hall–Kier alpha value is -1.93. The molecule has 1 aliphatic heterocycles. The van der Waals surface area contributed by atoms with Gasteiger partial charge in [0.1, 0.15) is 0 Å². The second kappa shape index (κ2) is 8.84. The highest BCUT2D eigenvalue weighted by atomic mass is 32.2. The first kappa shape index (κ1) is 21.4. The largest absolute Gasteiger partial charge is 0.351 e. The average Bonchev–Trinajstić information content (AvgIpc) is 2.65. The summed E-state index contributed by atoms with van der Waals surface area (Å²) in [6.07, 6.45) is 2.41. The zero-order valence-electron chi connectivity index (χ0n) is 16.2. The summed E-state index contributed by atoms with van der Waals surface area (Å²) in [5, 5.41) is 8.73. The van der Waals surface area contributed by atoms with E-state index in [1.54, 1.807) is 18.2 Å². The number of anilines is 1. The number of rotatable bonds is 7. The molecule has 1 heterocycles. The Balaban J connectivity index is 2.06. The van der Waals surface area contributed by atoms with E-state index in [-0.39, 0.29) is 31.2 Å². The van der Waals surface area contributed by atoms with E-state index in [2.05, 4.69) is 16.0 Å². The van der Waals surface area contributed by atoms with Gasteiger partial charge in [0.2, 0.25) is 11.8 Å². The predicted octanol–water partition coefficient (Wildman–Crippen LogP) is 1.45. The van der Waals surface area contributed by atoms with E-state index in [4.69, 9.17) is 0 Å². The van der Waals surface area contributed by atoms with Crippen molar-refractivity contribution in [3.05, 3.63) is 29.8 Å². The molecule has 0 bridgehead atoms. The van der Waals surface area contributed by atoms with Gasteiger partial charge >= 0.3 is 0 Å². The molecule has 1 unspecified atom stereocenters. The fraction of sp³-hybridized carbons (Fsp3) is 0.579. The van der Waals surface area contributed by atoms with Crippen LogP contribution in [0.25, 0.3) is 0 Å². The highest BCUT2D eigenvalue weighted by Crippen LogP contribution is 2.28. The van der Waals surface area contributed by atoms with Gasteiger partial charge in [0, 0.05) is 24.4 Å². The van der Waals surface area contributed by atoms with Crippen LogP contribution in [-0.4, -0.2) is 44.3 Å².